The van der Waals surface area contributed by atoms with Gasteiger partial charge in [0.1, 0.15) is 0 Å². The molecule has 0 unspecified atom stereocenters. The molecule has 0 amide bonds. The number of benzene rings is 1. The van der Waals surface area contributed by atoms with E-state index in [4.69, 9.17) is 12.2 Å². The second-order valence-corrected chi connectivity index (χ2v) is 7.76. The van der Waals surface area contributed by atoms with Gasteiger partial charge >= 0.3 is 0 Å². The Morgan fingerprint density at radius 3 is 2.53 bits per heavy atom. The monoisotopic (exact) mass is 298 g/mol. The molecule has 0 bridgehead atoms. The number of anilines is 1. The molecule has 1 aliphatic heterocycles. The third-order valence-corrected chi connectivity index (χ3v) is 5.89. The van der Waals surface area contributed by atoms with Gasteiger partial charge in [-0.05, 0) is 37.7 Å². The van der Waals surface area contributed by atoms with Gasteiger partial charge in [0.15, 0.2) is 14.9 Å². The van der Waals surface area contributed by atoms with Gasteiger partial charge in [-0.15, -0.1) is 0 Å². The van der Waals surface area contributed by atoms with Gasteiger partial charge in [0, 0.05) is 12.7 Å². The molecule has 1 aliphatic rings. The first-order chi connectivity index (χ1) is 8.82. The zero-order chi connectivity index (χ0) is 14.1. The predicted molar refractivity (Wildman–Crippen MR) is 82.1 cm³/mol. The van der Waals surface area contributed by atoms with E-state index in [1.165, 1.54) is 0 Å². The van der Waals surface area contributed by atoms with Crippen LogP contribution in [-0.4, -0.2) is 42.5 Å². The normalized spacial score (nSPS) is 24.9. The molecule has 2 rings (SSSR count). The molecule has 1 heterocycles. The van der Waals surface area contributed by atoms with Crippen LogP contribution in [-0.2, 0) is 9.84 Å². The number of hydrogen-bond acceptors (Lipinski definition) is 3. The van der Waals surface area contributed by atoms with Crippen molar-refractivity contribution in [3.8, 4) is 0 Å². The summed E-state index contributed by atoms with van der Waals surface area (Å²) < 4.78 is 23.3. The lowest BCUT2D eigenvalue weighted by atomic mass is 10.0. The molecule has 0 spiro atoms. The largest absolute Gasteiger partial charge is 0.346 e. The summed E-state index contributed by atoms with van der Waals surface area (Å²) in [5.41, 5.74) is 0.487. The van der Waals surface area contributed by atoms with Crippen molar-refractivity contribution in [2.75, 3.05) is 23.9 Å². The van der Waals surface area contributed by atoms with Crippen molar-refractivity contribution in [3.63, 3.8) is 0 Å². The molecule has 1 atom stereocenters. The maximum absolute atomic E-state index is 11.6. The van der Waals surface area contributed by atoms with Gasteiger partial charge in [-0.3, -0.25) is 0 Å². The van der Waals surface area contributed by atoms with Crippen LogP contribution in [0.1, 0.15) is 13.3 Å². The molecule has 1 N–H and O–H groups in total. The summed E-state index contributed by atoms with van der Waals surface area (Å²) in [6.45, 7) is 1.94. The molecule has 1 fully saturated rings. The van der Waals surface area contributed by atoms with Crippen LogP contribution in [0.15, 0.2) is 30.3 Å². The number of thiocarbonyl (C=S) groups is 1. The van der Waals surface area contributed by atoms with Crippen LogP contribution in [0.4, 0.5) is 5.69 Å². The molecule has 6 heteroatoms. The molecule has 0 aromatic heterocycles. The van der Waals surface area contributed by atoms with Crippen LogP contribution < -0.4 is 5.32 Å². The summed E-state index contributed by atoms with van der Waals surface area (Å²) in [5, 5.41) is 3.68. The first kappa shape index (κ1) is 14.3. The van der Waals surface area contributed by atoms with Crippen molar-refractivity contribution in [3.05, 3.63) is 30.3 Å². The summed E-state index contributed by atoms with van der Waals surface area (Å²) in [7, 11) is -1.09. The highest BCUT2D eigenvalue weighted by atomic mass is 32.2. The Kier molecular flexibility index (Phi) is 3.82. The van der Waals surface area contributed by atoms with E-state index in [-0.39, 0.29) is 11.5 Å². The molecular weight excluding hydrogens is 280 g/mol. The Morgan fingerprint density at radius 2 is 2.00 bits per heavy atom. The van der Waals surface area contributed by atoms with Gasteiger partial charge in [0.05, 0.1) is 17.0 Å². The van der Waals surface area contributed by atoms with E-state index in [1.807, 2.05) is 49.2 Å². The lowest BCUT2D eigenvalue weighted by molar-refractivity contribution is 0.266. The zero-order valence-electron chi connectivity index (χ0n) is 11.1. The van der Waals surface area contributed by atoms with Gasteiger partial charge in [-0.25, -0.2) is 8.42 Å². The second kappa shape index (κ2) is 5.09. The van der Waals surface area contributed by atoms with E-state index in [0.29, 0.717) is 11.5 Å². The predicted octanol–water partition coefficient (Wildman–Crippen LogP) is 1.89. The Hall–Kier alpha value is -1.14. The smallest absolute Gasteiger partial charge is 0.173 e. The highest BCUT2D eigenvalue weighted by Gasteiger charge is 2.42. The minimum absolute atomic E-state index is 0.160. The van der Waals surface area contributed by atoms with Crippen LogP contribution in [0.2, 0.25) is 0 Å². The highest BCUT2D eigenvalue weighted by Crippen LogP contribution is 2.28. The lowest BCUT2D eigenvalue weighted by Crippen LogP contribution is -2.49. The van der Waals surface area contributed by atoms with Crippen LogP contribution in [0.25, 0.3) is 0 Å². The maximum atomic E-state index is 11.6. The van der Waals surface area contributed by atoms with E-state index in [1.54, 1.807) is 0 Å². The average Bonchev–Trinajstić information content (AvgIpc) is 2.65. The molecule has 19 heavy (non-hydrogen) atoms. The number of para-hydroxylation sites is 1. The SMILES string of the molecule is CN(C(=S)Nc1ccccc1)[C@]1(C)CCS(=O)(=O)C1. The van der Waals surface area contributed by atoms with Crippen molar-refractivity contribution < 1.29 is 8.42 Å². The second-order valence-electron chi connectivity index (χ2n) is 5.19. The van der Waals surface area contributed by atoms with E-state index in [0.717, 1.165) is 5.69 Å². The number of hydrogen-bond donors (Lipinski definition) is 1. The maximum Gasteiger partial charge on any atom is 0.173 e. The Balaban J connectivity index is 2.08. The molecule has 1 aromatic carbocycles. The van der Waals surface area contributed by atoms with Gasteiger partial charge in [0.25, 0.3) is 0 Å². The minimum atomic E-state index is -2.93. The molecule has 0 aliphatic carbocycles. The lowest BCUT2D eigenvalue weighted by Gasteiger charge is -2.36. The van der Waals surface area contributed by atoms with Gasteiger partial charge in [0.2, 0.25) is 0 Å². The Morgan fingerprint density at radius 1 is 1.37 bits per heavy atom. The third kappa shape index (κ3) is 3.25. The minimum Gasteiger partial charge on any atom is -0.346 e. The first-order valence-corrected chi connectivity index (χ1v) is 8.36. The standard InChI is InChI=1S/C13H18N2O2S2/c1-13(8-9-19(16,17)10-13)15(2)12(18)14-11-6-4-3-5-7-11/h3-7H,8-10H2,1-2H3,(H,14,18)/t13-/m1/s1. The fourth-order valence-electron chi connectivity index (χ4n) is 2.23. The molecule has 104 valence electrons. The Bertz CT molecular complexity index is 572. The van der Waals surface area contributed by atoms with Crippen molar-refractivity contribution in [2.24, 2.45) is 0 Å². The van der Waals surface area contributed by atoms with Crippen molar-refractivity contribution >= 4 is 32.9 Å². The van der Waals surface area contributed by atoms with E-state index in [9.17, 15) is 8.42 Å². The fourth-order valence-corrected chi connectivity index (χ4v) is 4.75. The van der Waals surface area contributed by atoms with Crippen LogP contribution >= 0.6 is 12.2 Å². The summed E-state index contributed by atoms with van der Waals surface area (Å²) >= 11 is 5.36. The fraction of sp³-hybridized carbons (Fsp3) is 0.462. The first-order valence-electron chi connectivity index (χ1n) is 6.13. The summed E-state index contributed by atoms with van der Waals surface area (Å²) in [4.78, 5) is 1.86. The van der Waals surface area contributed by atoms with Crippen LogP contribution in [0, 0.1) is 0 Å². The molecule has 1 aromatic rings. The average molecular weight is 298 g/mol. The van der Waals surface area contributed by atoms with Gasteiger partial charge in [-0.2, -0.15) is 0 Å². The molecule has 1 saturated heterocycles. The molecule has 0 saturated carbocycles. The summed E-state index contributed by atoms with van der Waals surface area (Å²) in [6.07, 6.45) is 0.614. The topological polar surface area (TPSA) is 49.4 Å². The van der Waals surface area contributed by atoms with E-state index in [2.05, 4.69) is 5.32 Å². The van der Waals surface area contributed by atoms with Gasteiger partial charge < -0.3 is 10.2 Å². The van der Waals surface area contributed by atoms with Crippen molar-refractivity contribution in [1.29, 1.82) is 0 Å². The number of rotatable bonds is 2. The van der Waals surface area contributed by atoms with Crippen molar-refractivity contribution in [2.45, 2.75) is 18.9 Å². The molecule has 4 nitrogen and oxygen atoms in total. The number of nitrogens with one attached hydrogen (secondary N) is 1. The van der Waals surface area contributed by atoms with E-state index >= 15 is 0 Å². The van der Waals surface area contributed by atoms with Crippen LogP contribution in [0.3, 0.4) is 0 Å². The highest BCUT2D eigenvalue weighted by molar-refractivity contribution is 7.91. The zero-order valence-corrected chi connectivity index (χ0v) is 12.7. The van der Waals surface area contributed by atoms with E-state index < -0.39 is 15.4 Å². The summed E-state index contributed by atoms with van der Waals surface area (Å²) in [6, 6.07) is 9.63. The summed E-state index contributed by atoms with van der Waals surface area (Å²) in [5.74, 6) is 0.398. The third-order valence-electron chi connectivity index (χ3n) is 3.62. The molecule has 0 radical (unpaired) electrons. The Labute approximate surface area is 119 Å². The number of sulfone groups is 1. The van der Waals surface area contributed by atoms with Gasteiger partial charge in [-0.1, -0.05) is 18.2 Å². The quantitative estimate of drug-likeness (QED) is 0.845. The molecular formula is C13H18N2O2S2. The van der Waals surface area contributed by atoms with Crippen LogP contribution in [0.5, 0.6) is 0 Å². The van der Waals surface area contributed by atoms with Crippen molar-refractivity contribution in [1.82, 2.24) is 4.90 Å². The number of nitrogens with zero attached hydrogens (tertiary/aromatic N) is 1.